The summed E-state index contributed by atoms with van der Waals surface area (Å²) in [6, 6.07) is 0.541. The number of hydrogen-bond donors (Lipinski definition) is 4. The van der Waals surface area contributed by atoms with Gasteiger partial charge in [0, 0.05) is 38.3 Å². The second-order valence-corrected chi connectivity index (χ2v) is 15.9. The first-order valence-electron chi connectivity index (χ1n) is 19.4. The molecule has 12 nitrogen and oxygen atoms in total. The van der Waals surface area contributed by atoms with Crippen LogP contribution in [0.5, 0.6) is 0 Å². The molecule has 0 radical (unpaired) electrons. The van der Waals surface area contributed by atoms with Gasteiger partial charge in [-0.1, -0.05) is 52.4 Å². The van der Waals surface area contributed by atoms with Crippen molar-refractivity contribution in [1.82, 2.24) is 31.1 Å². The average molecular weight is 691 g/mol. The lowest BCUT2D eigenvalue weighted by Crippen LogP contribution is -2.46. The van der Waals surface area contributed by atoms with E-state index in [1.54, 1.807) is 23.9 Å². The Morgan fingerprint density at radius 1 is 0.510 bits per heavy atom. The van der Waals surface area contributed by atoms with Crippen LogP contribution in [0.2, 0.25) is 0 Å². The number of nitrogens with one attached hydrogen (secondary N) is 4. The van der Waals surface area contributed by atoms with Crippen LogP contribution < -0.4 is 21.3 Å². The summed E-state index contributed by atoms with van der Waals surface area (Å²) in [4.78, 5) is 53.0. The van der Waals surface area contributed by atoms with Crippen LogP contribution in [0, 0.1) is 17.3 Å². The maximum Gasteiger partial charge on any atom is 0.407 e. The molecule has 0 aromatic heterocycles. The second kappa shape index (κ2) is 19.5. The van der Waals surface area contributed by atoms with Crippen molar-refractivity contribution >= 4 is 24.2 Å². The predicted octanol–water partition coefficient (Wildman–Crippen LogP) is 6.53. The minimum absolute atomic E-state index is 0.101. The Morgan fingerprint density at radius 3 is 1.18 bits per heavy atom. The van der Waals surface area contributed by atoms with Gasteiger partial charge in [-0.05, 0) is 94.3 Å². The Hall–Kier alpha value is -2.92. The van der Waals surface area contributed by atoms with Gasteiger partial charge in [-0.15, -0.1) is 0 Å². The highest BCUT2D eigenvalue weighted by molar-refractivity contribution is 5.74. The number of urea groups is 2. The normalized spacial score (nSPS) is 25.4. The third-order valence-corrected chi connectivity index (χ3v) is 12.1. The van der Waals surface area contributed by atoms with E-state index in [2.05, 4.69) is 35.1 Å². The molecule has 49 heavy (non-hydrogen) atoms. The summed E-state index contributed by atoms with van der Waals surface area (Å²) < 4.78 is 10.8. The fourth-order valence-electron chi connectivity index (χ4n) is 8.53. The highest BCUT2D eigenvalue weighted by atomic mass is 16.6. The molecule has 0 aliphatic heterocycles. The number of amides is 6. The summed E-state index contributed by atoms with van der Waals surface area (Å²) in [5, 5.41) is 12.3. The number of alkyl carbamates (subject to hydrolysis) is 2. The first-order chi connectivity index (χ1) is 23.5. The van der Waals surface area contributed by atoms with Crippen molar-refractivity contribution in [2.24, 2.45) is 17.3 Å². The van der Waals surface area contributed by atoms with E-state index in [4.69, 9.17) is 9.47 Å². The van der Waals surface area contributed by atoms with Crippen LogP contribution in [0.4, 0.5) is 19.2 Å². The number of likely N-dealkylation sites (N-methyl/N-ethyl adjacent to an activating group) is 2. The molecule has 0 saturated heterocycles. The van der Waals surface area contributed by atoms with Crippen molar-refractivity contribution in [2.45, 2.75) is 154 Å². The van der Waals surface area contributed by atoms with E-state index in [9.17, 15) is 19.2 Å². The van der Waals surface area contributed by atoms with E-state index < -0.39 is 12.2 Å². The third kappa shape index (κ3) is 12.7. The van der Waals surface area contributed by atoms with Crippen LogP contribution in [0.25, 0.3) is 0 Å². The number of carbonyl (C=O) groups excluding carboxylic acids is 4. The van der Waals surface area contributed by atoms with E-state index in [1.807, 2.05) is 0 Å². The molecule has 4 N–H and O–H groups in total. The summed E-state index contributed by atoms with van der Waals surface area (Å²) in [5.41, 5.74) is 0.183. The summed E-state index contributed by atoms with van der Waals surface area (Å²) >= 11 is 0. The van der Waals surface area contributed by atoms with Crippen LogP contribution in [-0.4, -0.2) is 98.6 Å². The summed E-state index contributed by atoms with van der Waals surface area (Å²) in [5.74, 6) is 1.18. The van der Waals surface area contributed by atoms with E-state index in [-0.39, 0.29) is 54.9 Å². The Labute approximate surface area is 294 Å². The molecule has 12 heteroatoms. The molecule has 4 saturated carbocycles. The molecule has 0 heterocycles. The van der Waals surface area contributed by atoms with Crippen LogP contribution in [0.3, 0.4) is 0 Å². The molecular weight excluding hydrogens is 624 g/mol. The lowest BCUT2D eigenvalue weighted by molar-refractivity contribution is 0.0453. The van der Waals surface area contributed by atoms with Crippen molar-refractivity contribution in [3.05, 3.63) is 0 Å². The molecule has 6 amide bonds. The first kappa shape index (κ1) is 38.9. The topological polar surface area (TPSA) is 141 Å². The fourth-order valence-corrected chi connectivity index (χ4v) is 8.53. The van der Waals surface area contributed by atoms with Gasteiger partial charge >= 0.3 is 24.2 Å². The molecule has 4 rings (SSSR count). The smallest absolute Gasteiger partial charge is 0.407 e. The zero-order valence-electron chi connectivity index (χ0n) is 30.9. The zero-order chi connectivity index (χ0) is 35.2. The molecule has 4 aliphatic carbocycles. The number of hydrogen-bond acceptors (Lipinski definition) is 6. The van der Waals surface area contributed by atoms with Crippen molar-refractivity contribution < 1.29 is 28.7 Å². The standard InChI is InChI=1S/C37H66N6O6/c1-37(2,27-15-19-31(20-16-27)40-35(46)48-25-23-42(3)33(44)38-29-11-7-5-8-12-29)28-17-21-32(22-18-28)41-36(47)49-26-24-43(4)34(45)39-30-13-9-6-10-14-30/h27-32H,5-26H2,1-4H3,(H,38,44)(H,39,45)(H,40,46)(H,41,47). The van der Waals surface area contributed by atoms with E-state index >= 15 is 0 Å². The average Bonchev–Trinajstić information content (AvgIpc) is 3.09. The summed E-state index contributed by atoms with van der Waals surface area (Å²) in [6.45, 7) is 5.87. The molecule has 280 valence electrons. The molecule has 0 bridgehead atoms. The predicted molar refractivity (Wildman–Crippen MR) is 190 cm³/mol. The first-order valence-corrected chi connectivity index (χ1v) is 19.4. The van der Waals surface area contributed by atoms with E-state index in [0.29, 0.717) is 24.9 Å². The third-order valence-electron chi connectivity index (χ3n) is 12.1. The minimum Gasteiger partial charge on any atom is -0.448 e. The second-order valence-electron chi connectivity index (χ2n) is 15.9. The van der Waals surface area contributed by atoms with Gasteiger partial charge in [0.1, 0.15) is 13.2 Å². The van der Waals surface area contributed by atoms with Gasteiger partial charge in [0.2, 0.25) is 0 Å². The van der Waals surface area contributed by atoms with Crippen molar-refractivity contribution in [1.29, 1.82) is 0 Å². The monoisotopic (exact) mass is 691 g/mol. The van der Waals surface area contributed by atoms with Gasteiger partial charge in [0.25, 0.3) is 0 Å². The maximum absolute atomic E-state index is 12.5. The number of ether oxygens (including phenoxy) is 2. The molecule has 0 aromatic rings. The molecule has 0 aromatic carbocycles. The molecule has 0 atom stereocenters. The lowest BCUT2D eigenvalue weighted by Gasteiger charge is -2.46. The van der Waals surface area contributed by atoms with Gasteiger partial charge in [0.15, 0.2) is 0 Å². The Bertz CT molecular complexity index is 966. The quantitative estimate of drug-likeness (QED) is 0.184. The van der Waals surface area contributed by atoms with Crippen molar-refractivity contribution in [3.8, 4) is 0 Å². The molecule has 0 spiro atoms. The number of carbonyl (C=O) groups is 4. The zero-order valence-corrected chi connectivity index (χ0v) is 30.9. The highest BCUT2D eigenvalue weighted by Gasteiger charge is 2.41. The van der Waals surface area contributed by atoms with Gasteiger partial charge in [-0.2, -0.15) is 0 Å². The van der Waals surface area contributed by atoms with E-state index in [0.717, 1.165) is 77.0 Å². The summed E-state index contributed by atoms with van der Waals surface area (Å²) in [7, 11) is 3.48. The number of nitrogens with zero attached hydrogens (tertiary/aromatic N) is 2. The Kier molecular flexibility index (Phi) is 15.4. The van der Waals surface area contributed by atoms with Gasteiger partial charge in [-0.3, -0.25) is 0 Å². The molecular formula is C37H66N6O6. The van der Waals surface area contributed by atoms with Crippen LogP contribution in [-0.2, 0) is 9.47 Å². The molecule has 4 aliphatic rings. The Morgan fingerprint density at radius 2 is 0.837 bits per heavy atom. The largest absolute Gasteiger partial charge is 0.448 e. The SMILES string of the molecule is CN(CCOC(=O)NC1CCC(C(C)(C)C2CCC(NC(=O)OCCN(C)C(=O)NC3CCCCC3)CC2)CC1)C(=O)NC1CCCCC1. The van der Waals surface area contributed by atoms with Crippen LogP contribution in [0.1, 0.15) is 129 Å². The van der Waals surface area contributed by atoms with Crippen molar-refractivity contribution in [3.63, 3.8) is 0 Å². The van der Waals surface area contributed by atoms with Crippen LogP contribution >= 0.6 is 0 Å². The van der Waals surface area contributed by atoms with Gasteiger partial charge in [-0.25, -0.2) is 19.2 Å². The maximum atomic E-state index is 12.5. The van der Waals surface area contributed by atoms with Crippen molar-refractivity contribution in [2.75, 3.05) is 40.4 Å². The van der Waals surface area contributed by atoms with Gasteiger partial charge < -0.3 is 40.5 Å². The molecule has 4 fully saturated rings. The van der Waals surface area contributed by atoms with Gasteiger partial charge in [0.05, 0.1) is 13.1 Å². The highest BCUT2D eigenvalue weighted by Crippen LogP contribution is 2.48. The lowest BCUT2D eigenvalue weighted by atomic mass is 9.60. The molecule has 0 unspecified atom stereocenters. The van der Waals surface area contributed by atoms with Crippen LogP contribution in [0.15, 0.2) is 0 Å². The minimum atomic E-state index is -0.402. The number of rotatable bonds is 12. The van der Waals surface area contributed by atoms with E-state index in [1.165, 1.54) is 38.5 Å². The summed E-state index contributed by atoms with van der Waals surface area (Å²) in [6.07, 6.45) is 18.5. The Balaban J connectivity index is 1.05. The fraction of sp³-hybridized carbons (Fsp3) is 0.892.